The number of halogens is 1. The second-order valence-corrected chi connectivity index (χ2v) is 14.6. The number of nitrogens with one attached hydrogen (secondary N) is 1. The van der Waals surface area contributed by atoms with Crippen molar-refractivity contribution in [3.63, 3.8) is 0 Å². The van der Waals surface area contributed by atoms with Crippen molar-refractivity contribution in [2.45, 2.75) is 95.3 Å². The van der Waals surface area contributed by atoms with Crippen LogP contribution in [0.25, 0.3) is 11.4 Å². The fourth-order valence-electron chi connectivity index (χ4n) is 9.19. The van der Waals surface area contributed by atoms with Crippen LogP contribution in [0.15, 0.2) is 24.4 Å². The molecule has 1 aromatic carbocycles. The van der Waals surface area contributed by atoms with Gasteiger partial charge >= 0.3 is 6.01 Å². The highest BCUT2D eigenvalue weighted by molar-refractivity contribution is 5.64. The van der Waals surface area contributed by atoms with E-state index in [0.717, 1.165) is 109 Å². The summed E-state index contributed by atoms with van der Waals surface area (Å²) in [4.78, 5) is 14.7. The third-order valence-electron chi connectivity index (χ3n) is 11.5. The number of anilines is 2. The number of ether oxygens (including phenoxy) is 2. The molecule has 3 aromatic heterocycles. The van der Waals surface area contributed by atoms with Gasteiger partial charge in [0.15, 0.2) is 0 Å². The first-order valence-corrected chi connectivity index (χ1v) is 17.5. The molecular weight excluding hydrogens is 623 g/mol. The fraction of sp³-hybridized carbons (Fsp3) is 0.528. The lowest BCUT2D eigenvalue weighted by atomic mass is 9.72. The average Bonchev–Trinajstić information content (AvgIpc) is 3.84. The molecule has 2 saturated heterocycles. The summed E-state index contributed by atoms with van der Waals surface area (Å²) in [6, 6.07) is 8.69. The standard InChI is InChI=1S/C36H41FN10O2/c1-22-17-40-43-32(22)29-13-25-19-45(10-4-12-47(25)44-29)33-27-20-49-36(9-2-5-23-6-7-28(39)26(16-38)31(23)36)15-30(27)41-34(42-33)48-21-35-8-3-11-46(35)18-24(37)14-35/h6-7,13,17,24H,2-5,8-12,14-15,18-21,39H2,1H3,(H,40,43)/t24-,35+,36+/m1/s1. The Kier molecular flexibility index (Phi) is 7.18. The Labute approximate surface area is 284 Å². The Balaban J connectivity index is 1.10. The number of rotatable bonds is 5. The minimum Gasteiger partial charge on any atom is -0.461 e. The van der Waals surface area contributed by atoms with Gasteiger partial charge in [0.25, 0.3) is 0 Å². The molecule has 254 valence electrons. The number of hydrogen-bond acceptors (Lipinski definition) is 10. The number of fused-ring (bicyclic) bond motifs is 5. The van der Waals surface area contributed by atoms with Gasteiger partial charge in [0.2, 0.25) is 0 Å². The molecule has 2 fully saturated rings. The highest BCUT2D eigenvalue weighted by Gasteiger charge is 2.50. The predicted molar refractivity (Wildman–Crippen MR) is 179 cm³/mol. The molecule has 1 spiro atoms. The van der Waals surface area contributed by atoms with Gasteiger partial charge in [-0.25, -0.2) is 4.39 Å². The van der Waals surface area contributed by atoms with Crippen LogP contribution < -0.4 is 15.4 Å². The Bertz CT molecular complexity index is 1980. The zero-order valence-corrected chi connectivity index (χ0v) is 27.8. The molecule has 0 unspecified atom stereocenters. The molecule has 0 saturated carbocycles. The number of nitrogen functional groups attached to an aromatic ring is 1. The number of nitrogens with zero attached hydrogens (tertiary/aromatic N) is 8. The van der Waals surface area contributed by atoms with Crippen molar-refractivity contribution >= 4 is 11.5 Å². The molecule has 7 heterocycles. The van der Waals surface area contributed by atoms with Crippen molar-refractivity contribution in [3.05, 3.63) is 63.6 Å². The molecule has 49 heavy (non-hydrogen) atoms. The quantitative estimate of drug-likeness (QED) is 0.293. The SMILES string of the molecule is Cc1cn[nH]c1-c1cc2n(n1)CCCN(c1nc(OC[C@@]34CCCN3C[C@H](F)C4)nc3c1CO[C@@]1(CCCc4ccc(N)c(C#N)c41)C3)C2. The summed E-state index contributed by atoms with van der Waals surface area (Å²) in [6.07, 6.45) is 7.34. The van der Waals surface area contributed by atoms with E-state index in [-0.39, 0.29) is 5.54 Å². The van der Waals surface area contributed by atoms with Crippen molar-refractivity contribution in [1.29, 1.82) is 5.26 Å². The molecule has 1 aliphatic carbocycles. The summed E-state index contributed by atoms with van der Waals surface area (Å²) in [5, 5.41) is 22.4. The summed E-state index contributed by atoms with van der Waals surface area (Å²) in [5.74, 6) is 0.795. The third kappa shape index (κ3) is 4.98. The van der Waals surface area contributed by atoms with Gasteiger partial charge < -0.3 is 20.1 Å². The Morgan fingerprint density at radius 2 is 2.10 bits per heavy atom. The number of H-pyrrole nitrogens is 1. The highest BCUT2D eigenvalue weighted by Crippen LogP contribution is 2.48. The summed E-state index contributed by atoms with van der Waals surface area (Å²) in [5.41, 5.74) is 14.0. The second kappa shape index (κ2) is 11.5. The van der Waals surface area contributed by atoms with Crippen molar-refractivity contribution in [3.8, 4) is 23.5 Å². The molecule has 13 heteroatoms. The van der Waals surface area contributed by atoms with Gasteiger partial charge in [0, 0.05) is 49.3 Å². The van der Waals surface area contributed by atoms with E-state index in [1.165, 1.54) is 0 Å². The first kappa shape index (κ1) is 30.5. The third-order valence-corrected chi connectivity index (χ3v) is 11.5. The number of aromatic nitrogens is 6. The van der Waals surface area contributed by atoms with Crippen molar-refractivity contribution < 1.29 is 13.9 Å². The molecular formula is C36H41FN10O2. The molecule has 9 rings (SSSR count). The van der Waals surface area contributed by atoms with Crippen molar-refractivity contribution in [2.24, 2.45) is 0 Å². The molecule has 4 aromatic rings. The molecule has 0 radical (unpaired) electrons. The van der Waals surface area contributed by atoms with E-state index < -0.39 is 11.8 Å². The number of aromatic amines is 1. The first-order chi connectivity index (χ1) is 23.8. The van der Waals surface area contributed by atoms with Crippen LogP contribution in [0.2, 0.25) is 0 Å². The zero-order chi connectivity index (χ0) is 33.3. The van der Waals surface area contributed by atoms with E-state index in [9.17, 15) is 9.65 Å². The number of hydrogen-bond donors (Lipinski definition) is 2. The molecule has 0 amide bonds. The maximum Gasteiger partial charge on any atom is 0.318 e. The number of alkyl halides is 1. The molecule has 5 aliphatic rings. The number of nitrogens with two attached hydrogens (primary N) is 1. The van der Waals surface area contributed by atoms with E-state index in [4.69, 9.17) is 30.3 Å². The zero-order valence-electron chi connectivity index (χ0n) is 27.8. The summed E-state index contributed by atoms with van der Waals surface area (Å²) < 4.78 is 30.1. The van der Waals surface area contributed by atoms with Crippen LogP contribution >= 0.6 is 0 Å². The monoisotopic (exact) mass is 664 g/mol. The first-order valence-electron chi connectivity index (χ1n) is 17.5. The van der Waals surface area contributed by atoms with Gasteiger partial charge in [-0.15, -0.1) is 0 Å². The van der Waals surface area contributed by atoms with Gasteiger partial charge in [-0.1, -0.05) is 6.07 Å². The minimum atomic E-state index is -0.841. The van der Waals surface area contributed by atoms with Crippen LogP contribution in [0.5, 0.6) is 6.01 Å². The fourth-order valence-corrected chi connectivity index (χ4v) is 9.19. The predicted octanol–water partition coefficient (Wildman–Crippen LogP) is 4.50. The lowest BCUT2D eigenvalue weighted by Gasteiger charge is -2.43. The van der Waals surface area contributed by atoms with Crippen molar-refractivity contribution in [1.82, 2.24) is 34.8 Å². The maximum atomic E-state index is 14.6. The molecule has 3 N–H and O–H groups in total. The van der Waals surface area contributed by atoms with Gasteiger partial charge in [-0.2, -0.15) is 25.4 Å². The van der Waals surface area contributed by atoms with E-state index in [2.05, 4.69) is 36.8 Å². The van der Waals surface area contributed by atoms with E-state index in [1.807, 2.05) is 25.3 Å². The lowest BCUT2D eigenvalue weighted by Crippen LogP contribution is -2.44. The largest absolute Gasteiger partial charge is 0.461 e. The van der Waals surface area contributed by atoms with Gasteiger partial charge in [-0.3, -0.25) is 14.7 Å². The summed E-state index contributed by atoms with van der Waals surface area (Å²) in [7, 11) is 0. The number of benzene rings is 1. The second-order valence-electron chi connectivity index (χ2n) is 14.6. The summed E-state index contributed by atoms with van der Waals surface area (Å²) >= 11 is 0. The molecule has 12 nitrogen and oxygen atoms in total. The topological polar surface area (TPSA) is 147 Å². The Morgan fingerprint density at radius 1 is 1.18 bits per heavy atom. The van der Waals surface area contributed by atoms with Crippen LogP contribution in [0.4, 0.5) is 15.9 Å². The Morgan fingerprint density at radius 3 is 2.96 bits per heavy atom. The lowest BCUT2D eigenvalue weighted by molar-refractivity contribution is -0.0857. The Hall–Kier alpha value is -4.54. The van der Waals surface area contributed by atoms with Crippen LogP contribution in [-0.4, -0.2) is 72.8 Å². The average molecular weight is 665 g/mol. The van der Waals surface area contributed by atoms with Crippen molar-refractivity contribution in [2.75, 3.05) is 36.9 Å². The van der Waals surface area contributed by atoms with E-state index in [1.54, 1.807) is 0 Å². The molecule has 4 aliphatic heterocycles. The number of nitriles is 1. The van der Waals surface area contributed by atoms with Crippen LogP contribution in [-0.2, 0) is 42.9 Å². The van der Waals surface area contributed by atoms with E-state index >= 15 is 0 Å². The van der Waals surface area contributed by atoms with Crippen LogP contribution in [0.3, 0.4) is 0 Å². The smallest absolute Gasteiger partial charge is 0.318 e. The summed E-state index contributed by atoms with van der Waals surface area (Å²) in [6.45, 7) is 6.20. The highest BCUT2D eigenvalue weighted by atomic mass is 19.1. The normalized spacial score (nSPS) is 26.1. The minimum absolute atomic E-state index is 0.305. The van der Waals surface area contributed by atoms with Gasteiger partial charge in [-0.05, 0) is 75.3 Å². The maximum absolute atomic E-state index is 14.6. The van der Waals surface area contributed by atoms with Gasteiger partial charge in [0.1, 0.15) is 36.0 Å². The molecule has 3 atom stereocenters. The molecule has 0 bridgehead atoms. The van der Waals surface area contributed by atoms with Crippen LogP contribution in [0.1, 0.15) is 77.7 Å². The number of aryl methyl sites for hydroxylation is 3. The van der Waals surface area contributed by atoms with E-state index in [0.29, 0.717) is 56.4 Å². The van der Waals surface area contributed by atoms with Gasteiger partial charge in [0.05, 0.1) is 47.5 Å². The van der Waals surface area contributed by atoms with Crippen LogP contribution in [0, 0.1) is 18.3 Å².